The smallest absolute Gasteiger partial charge is 0.336 e. The van der Waals surface area contributed by atoms with Gasteiger partial charge in [-0.2, -0.15) is 23.5 Å². The number of nitriles is 1. The summed E-state index contributed by atoms with van der Waals surface area (Å²) in [6, 6.07) is 14.0. The molecule has 1 atom stereocenters. The van der Waals surface area contributed by atoms with Crippen molar-refractivity contribution in [3.8, 4) is 11.8 Å². The molecule has 8 heteroatoms. The van der Waals surface area contributed by atoms with Crippen LogP contribution in [-0.2, 0) is 17.4 Å². The third-order valence-corrected chi connectivity index (χ3v) is 5.84. The molecule has 3 aromatic rings. The monoisotopic (exact) mass is 454 g/mol. The van der Waals surface area contributed by atoms with E-state index in [0.29, 0.717) is 34.7 Å². The van der Waals surface area contributed by atoms with Crippen LogP contribution >= 0.6 is 0 Å². The summed E-state index contributed by atoms with van der Waals surface area (Å²) in [5, 5.41) is 13.4. The summed E-state index contributed by atoms with van der Waals surface area (Å²) in [6.07, 6.45) is -4.36. The number of hydrogen-bond acceptors (Lipinski definition) is 3. The highest BCUT2D eigenvalue weighted by Crippen LogP contribution is 2.31. The van der Waals surface area contributed by atoms with E-state index in [1.165, 1.54) is 10.7 Å². The Morgan fingerprint density at radius 2 is 1.85 bits per heavy atom. The van der Waals surface area contributed by atoms with E-state index in [4.69, 9.17) is 5.26 Å². The molecule has 0 saturated heterocycles. The molecular formula is C25H25F3N4O. The van der Waals surface area contributed by atoms with Crippen molar-refractivity contribution in [3.63, 3.8) is 0 Å². The maximum absolute atomic E-state index is 13.2. The average Bonchev–Trinajstić information content (AvgIpc) is 3.07. The number of halogens is 3. The second-order valence-corrected chi connectivity index (χ2v) is 7.88. The van der Waals surface area contributed by atoms with Gasteiger partial charge in [-0.1, -0.05) is 18.2 Å². The largest absolute Gasteiger partial charge is 0.416 e. The lowest BCUT2D eigenvalue weighted by molar-refractivity contribution is -0.137. The molecule has 1 unspecified atom stereocenters. The molecule has 1 heterocycles. The number of amides is 1. The van der Waals surface area contributed by atoms with Crippen molar-refractivity contribution in [2.24, 2.45) is 0 Å². The number of likely N-dealkylation sites (N-methyl/N-ethyl adjacent to an activating group) is 1. The van der Waals surface area contributed by atoms with Gasteiger partial charge in [-0.05, 0) is 63.6 Å². The average molecular weight is 454 g/mol. The summed E-state index contributed by atoms with van der Waals surface area (Å²) in [5.74, 6) is -0.107. The minimum absolute atomic E-state index is 0.0884. The first kappa shape index (κ1) is 24.1. The van der Waals surface area contributed by atoms with Crippen LogP contribution in [0.15, 0.2) is 48.5 Å². The number of aromatic nitrogens is 2. The molecule has 0 saturated carbocycles. The van der Waals surface area contributed by atoms with Crippen molar-refractivity contribution in [1.82, 2.24) is 14.7 Å². The summed E-state index contributed by atoms with van der Waals surface area (Å²) < 4.78 is 40.8. The van der Waals surface area contributed by atoms with Gasteiger partial charge in [0.25, 0.3) is 0 Å². The van der Waals surface area contributed by atoms with Gasteiger partial charge in [-0.25, -0.2) is 4.68 Å². The number of carbonyl (C=O) groups is 1. The molecule has 0 N–H and O–H groups in total. The fourth-order valence-electron chi connectivity index (χ4n) is 3.93. The maximum atomic E-state index is 13.2. The normalized spacial score (nSPS) is 12.3. The van der Waals surface area contributed by atoms with Crippen LogP contribution < -0.4 is 0 Å². The Morgan fingerprint density at radius 1 is 1.18 bits per heavy atom. The second-order valence-electron chi connectivity index (χ2n) is 7.88. The molecular weight excluding hydrogens is 429 g/mol. The highest BCUT2D eigenvalue weighted by Gasteiger charge is 2.31. The predicted molar refractivity (Wildman–Crippen MR) is 119 cm³/mol. The van der Waals surface area contributed by atoms with E-state index in [1.54, 1.807) is 36.9 Å². The molecule has 0 aliphatic heterocycles. The van der Waals surface area contributed by atoms with E-state index < -0.39 is 11.7 Å². The summed E-state index contributed by atoms with van der Waals surface area (Å²) in [6.45, 7) is 7.81. The SMILES string of the molecule is CCN(C(=O)Cc1c(C)nn(-c2cccc(C(F)(F)F)c2)c1C)C(C)c1ccc(C#N)cc1. The molecule has 0 aliphatic rings. The van der Waals surface area contributed by atoms with Gasteiger partial charge in [0.2, 0.25) is 5.91 Å². The van der Waals surface area contributed by atoms with E-state index in [1.807, 2.05) is 26.0 Å². The number of aryl methyl sites for hydroxylation is 1. The number of hydrogen-bond donors (Lipinski definition) is 0. The van der Waals surface area contributed by atoms with E-state index in [0.717, 1.165) is 17.7 Å². The van der Waals surface area contributed by atoms with Gasteiger partial charge < -0.3 is 4.90 Å². The first-order valence-corrected chi connectivity index (χ1v) is 10.6. The van der Waals surface area contributed by atoms with Crippen LogP contribution in [0, 0.1) is 25.2 Å². The van der Waals surface area contributed by atoms with E-state index in [-0.39, 0.29) is 18.4 Å². The molecule has 0 bridgehead atoms. The first-order chi connectivity index (χ1) is 15.6. The Morgan fingerprint density at radius 3 is 2.42 bits per heavy atom. The van der Waals surface area contributed by atoms with Crippen molar-refractivity contribution in [3.05, 3.63) is 82.2 Å². The van der Waals surface area contributed by atoms with Gasteiger partial charge in [0.05, 0.1) is 41.0 Å². The van der Waals surface area contributed by atoms with Gasteiger partial charge in [0, 0.05) is 17.8 Å². The van der Waals surface area contributed by atoms with Crippen molar-refractivity contribution in [2.45, 2.75) is 46.3 Å². The van der Waals surface area contributed by atoms with Crippen LogP contribution in [0.3, 0.4) is 0 Å². The number of nitrogens with zero attached hydrogens (tertiary/aromatic N) is 4. The fraction of sp³-hybridized carbons (Fsp3) is 0.320. The standard InChI is InChI=1S/C25H25F3N4O/c1-5-31(17(3)20-11-9-19(15-29)10-12-20)24(33)14-23-16(2)30-32(18(23)4)22-8-6-7-21(13-22)25(26,27)28/h6-13,17H,5,14H2,1-4H3. The number of alkyl halides is 3. The van der Waals surface area contributed by atoms with Gasteiger partial charge in [-0.3, -0.25) is 4.79 Å². The first-order valence-electron chi connectivity index (χ1n) is 10.6. The maximum Gasteiger partial charge on any atom is 0.416 e. The Kier molecular flexibility index (Phi) is 6.92. The lowest BCUT2D eigenvalue weighted by atomic mass is 10.0. The summed E-state index contributed by atoms with van der Waals surface area (Å²) in [7, 11) is 0. The zero-order valence-electron chi connectivity index (χ0n) is 18.9. The third-order valence-electron chi connectivity index (χ3n) is 5.84. The van der Waals surface area contributed by atoms with Crippen LogP contribution in [-0.4, -0.2) is 27.1 Å². The van der Waals surface area contributed by atoms with Crippen LogP contribution in [0.1, 0.15) is 53.5 Å². The molecule has 5 nitrogen and oxygen atoms in total. The van der Waals surface area contributed by atoms with Crippen molar-refractivity contribution in [2.75, 3.05) is 6.54 Å². The molecule has 3 rings (SSSR count). The van der Waals surface area contributed by atoms with Crippen molar-refractivity contribution >= 4 is 5.91 Å². The molecule has 2 aromatic carbocycles. The van der Waals surface area contributed by atoms with Crippen LogP contribution in [0.2, 0.25) is 0 Å². The number of benzene rings is 2. The zero-order valence-corrected chi connectivity index (χ0v) is 18.9. The van der Waals surface area contributed by atoms with E-state index in [2.05, 4.69) is 11.2 Å². The quantitative estimate of drug-likeness (QED) is 0.492. The van der Waals surface area contributed by atoms with Crippen LogP contribution in [0.25, 0.3) is 5.69 Å². The van der Waals surface area contributed by atoms with Crippen molar-refractivity contribution < 1.29 is 18.0 Å². The molecule has 0 radical (unpaired) electrons. The van der Waals surface area contributed by atoms with Crippen LogP contribution in [0.4, 0.5) is 13.2 Å². The highest BCUT2D eigenvalue weighted by molar-refractivity contribution is 5.80. The predicted octanol–water partition coefficient (Wildman–Crippen LogP) is 5.53. The Bertz CT molecular complexity index is 1190. The molecule has 0 fully saturated rings. The number of carbonyl (C=O) groups excluding carboxylic acids is 1. The minimum Gasteiger partial charge on any atom is -0.336 e. The zero-order chi connectivity index (χ0) is 24.3. The molecule has 0 spiro atoms. The highest BCUT2D eigenvalue weighted by atomic mass is 19.4. The van der Waals surface area contributed by atoms with Gasteiger partial charge in [0.1, 0.15) is 0 Å². The lowest BCUT2D eigenvalue weighted by Gasteiger charge is -2.28. The topological polar surface area (TPSA) is 61.9 Å². The fourth-order valence-corrected chi connectivity index (χ4v) is 3.93. The summed E-state index contributed by atoms with van der Waals surface area (Å²) >= 11 is 0. The molecule has 33 heavy (non-hydrogen) atoms. The molecule has 1 aromatic heterocycles. The van der Waals surface area contributed by atoms with Gasteiger partial charge in [0.15, 0.2) is 0 Å². The number of rotatable bonds is 6. The van der Waals surface area contributed by atoms with E-state index in [9.17, 15) is 18.0 Å². The molecule has 0 aliphatic carbocycles. The lowest BCUT2D eigenvalue weighted by Crippen LogP contribution is -2.34. The van der Waals surface area contributed by atoms with Gasteiger partial charge >= 0.3 is 6.18 Å². The Balaban J connectivity index is 1.86. The van der Waals surface area contributed by atoms with Crippen LogP contribution in [0.5, 0.6) is 0 Å². The Labute approximate surface area is 191 Å². The minimum atomic E-state index is -4.45. The second kappa shape index (κ2) is 9.49. The summed E-state index contributed by atoms with van der Waals surface area (Å²) in [5.41, 5.74) is 2.93. The summed E-state index contributed by atoms with van der Waals surface area (Å²) in [4.78, 5) is 14.9. The van der Waals surface area contributed by atoms with Crippen molar-refractivity contribution in [1.29, 1.82) is 5.26 Å². The molecule has 172 valence electrons. The Hall–Kier alpha value is -3.60. The third kappa shape index (κ3) is 5.08. The van der Waals surface area contributed by atoms with Gasteiger partial charge in [-0.15, -0.1) is 0 Å². The molecule has 1 amide bonds. The van der Waals surface area contributed by atoms with E-state index >= 15 is 0 Å².